The van der Waals surface area contributed by atoms with Crippen LogP contribution in [0.15, 0.2) is 127 Å². The molecule has 0 atom stereocenters. The van der Waals surface area contributed by atoms with Crippen LogP contribution >= 0.6 is 0 Å². The van der Waals surface area contributed by atoms with E-state index in [1.165, 1.54) is 12.8 Å². The van der Waals surface area contributed by atoms with E-state index < -0.39 is 6.09 Å². The van der Waals surface area contributed by atoms with Gasteiger partial charge in [-0.2, -0.15) is 0 Å². The van der Waals surface area contributed by atoms with E-state index in [1.54, 1.807) is 24.3 Å². The van der Waals surface area contributed by atoms with Crippen LogP contribution in [0, 0.1) is 5.92 Å². The van der Waals surface area contributed by atoms with Crippen molar-refractivity contribution in [1.82, 2.24) is 15.5 Å². The molecule has 4 N–H and O–H groups in total. The molecule has 54 heavy (non-hydrogen) atoms. The first kappa shape index (κ1) is 36.6. The SMILES string of the molecule is O=C(CNCC1CC1)Nc1cccc(C(=O)NCCN2CCC(OC(=O)Nc3cccc(-c4ccccc4)c3-c3ccccc3-c3ccccc3)CC2)c1. The van der Waals surface area contributed by atoms with Crippen LogP contribution in [-0.4, -0.2) is 68.2 Å². The Morgan fingerprint density at radius 1 is 0.667 bits per heavy atom. The molecule has 1 heterocycles. The van der Waals surface area contributed by atoms with Gasteiger partial charge in [-0.3, -0.25) is 14.9 Å². The summed E-state index contributed by atoms with van der Waals surface area (Å²) in [5, 5.41) is 12.1. The molecule has 7 rings (SSSR count). The molecule has 2 aliphatic rings. The number of hydrogen-bond donors (Lipinski definition) is 4. The molecule has 0 bridgehead atoms. The fourth-order valence-electron chi connectivity index (χ4n) is 7.00. The molecule has 9 nitrogen and oxygen atoms in total. The summed E-state index contributed by atoms with van der Waals surface area (Å²) in [6, 6.07) is 41.8. The molecular weight excluding hydrogens is 675 g/mol. The molecule has 2 fully saturated rings. The second-order valence-corrected chi connectivity index (χ2v) is 14.0. The van der Waals surface area contributed by atoms with Crippen molar-refractivity contribution < 1.29 is 19.1 Å². The minimum absolute atomic E-state index is 0.121. The van der Waals surface area contributed by atoms with Gasteiger partial charge in [-0.15, -0.1) is 0 Å². The van der Waals surface area contributed by atoms with Gasteiger partial charge in [0, 0.05) is 43.0 Å². The minimum Gasteiger partial charge on any atom is -0.446 e. The van der Waals surface area contributed by atoms with Crippen molar-refractivity contribution in [2.24, 2.45) is 5.92 Å². The molecule has 3 amide bonds. The summed E-state index contributed by atoms with van der Waals surface area (Å²) >= 11 is 0. The number of nitrogens with zero attached hydrogens (tertiary/aromatic N) is 1. The van der Waals surface area contributed by atoms with E-state index in [4.69, 9.17) is 4.74 Å². The van der Waals surface area contributed by atoms with E-state index in [9.17, 15) is 14.4 Å². The van der Waals surface area contributed by atoms with Gasteiger partial charge in [-0.25, -0.2) is 4.79 Å². The van der Waals surface area contributed by atoms with Gasteiger partial charge in [0.15, 0.2) is 0 Å². The number of amides is 3. The van der Waals surface area contributed by atoms with E-state index in [0.29, 0.717) is 48.8 Å². The van der Waals surface area contributed by atoms with Crippen LogP contribution in [0.1, 0.15) is 36.0 Å². The monoisotopic (exact) mass is 721 g/mol. The number of likely N-dealkylation sites (tertiary alicyclic amines) is 1. The Morgan fingerprint density at radius 2 is 1.31 bits per heavy atom. The van der Waals surface area contributed by atoms with E-state index in [-0.39, 0.29) is 24.5 Å². The largest absolute Gasteiger partial charge is 0.446 e. The third-order valence-electron chi connectivity index (χ3n) is 10.0. The van der Waals surface area contributed by atoms with Crippen molar-refractivity contribution in [3.63, 3.8) is 0 Å². The maximum atomic E-state index is 13.5. The van der Waals surface area contributed by atoms with Crippen molar-refractivity contribution in [1.29, 1.82) is 0 Å². The summed E-state index contributed by atoms with van der Waals surface area (Å²) < 4.78 is 5.99. The molecule has 0 aromatic heterocycles. The first-order valence-electron chi connectivity index (χ1n) is 18.9. The number of carbonyl (C=O) groups is 3. The summed E-state index contributed by atoms with van der Waals surface area (Å²) in [6.45, 7) is 3.80. The van der Waals surface area contributed by atoms with Gasteiger partial charge in [0.1, 0.15) is 6.10 Å². The molecule has 0 spiro atoms. The highest BCUT2D eigenvalue weighted by atomic mass is 16.6. The number of benzene rings is 5. The molecule has 0 unspecified atom stereocenters. The van der Waals surface area contributed by atoms with Crippen molar-refractivity contribution in [3.8, 4) is 33.4 Å². The second kappa shape index (κ2) is 17.8. The molecule has 1 saturated heterocycles. The van der Waals surface area contributed by atoms with Crippen molar-refractivity contribution in [3.05, 3.63) is 133 Å². The van der Waals surface area contributed by atoms with Crippen LogP contribution in [0.4, 0.5) is 16.2 Å². The summed E-state index contributed by atoms with van der Waals surface area (Å²) in [5.74, 6) is 0.398. The van der Waals surface area contributed by atoms with Gasteiger partial charge in [0.25, 0.3) is 5.91 Å². The molecule has 0 radical (unpaired) electrons. The van der Waals surface area contributed by atoms with E-state index in [1.807, 2.05) is 60.7 Å². The maximum absolute atomic E-state index is 13.5. The highest BCUT2D eigenvalue weighted by Gasteiger charge is 2.24. The Bertz CT molecular complexity index is 2040. The average Bonchev–Trinajstić information content (AvgIpc) is 4.04. The molecule has 1 aliphatic heterocycles. The number of rotatable bonds is 14. The van der Waals surface area contributed by atoms with Crippen molar-refractivity contribution in [2.75, 3.05) is 49.9 Å². The van der Waals surface area contributed by atoms with Crippen LogP contribution in [0.5, 0.6) is 0 Å². The summed E-state index contributed by atoms with van der Waals surface area (Å²) in [6.07, 6.45) is 3.18. The van der Waals surface area contributed by atoms with Crippen LogP contribution < -0.4 is 21.3 Å². The first-order chi connectivity index (χ1) is 26.5. The number of ether oxygens (including phenoxy) is 1. The van der Waals surface area contributed by atoms with Crippen LogP contribution in [0.2, 0.25) is 0 Å². The van der Waals surface area contributed by atoms with E-state index in [0.717, 1.165) is 53.0 Å². The smallest absolute Gasteiger partial charge is 0.411 e. The highest BCUT2D eigenvalue weighted by Crippen LogP contribution is 2.42. The Labute approximate surface area is 317 Å². The van der Waals surface area contributed by atoms with Gasteiger partial charge in [-0.05, 0) is 90.2 Å². The lowest BCUT2D eigenvalue weighted by Gasteiger charge is -2.31. The molecule has 5 aromatic rings. The zero-order chi connectivity index (χ0) is 37.1. The number of carbonyl (C=O) groups excluding carboxylic acids is 3. The topological polar surface area (TPSA) is 112 Å². The van der Waals surface area contributed by atoms with E-state index >= 15 is 0 Å². The quantitative estimate of drug-likeness (QED) is 0.0924. The Morgan fingerprint density at radius 3 is 2.04 bits per heavy atom. The Balaban J connectivity index is 0.920. The fraction of sp³-hybridized carbons (Fsp3) is 0.267. The molecule has 5 aromatic carbocycles. The maximum Gasteiger partial charge on any atom is 0.411 e. The van der Waals surface area contributed by atoms with Crippen LogP contribution in [0.3, 0.4) is 0 Å². The predicted octanol–water partition coefficient (Wildman–Crippen LogP) is 8.07. The first-order valence-corrected chi connectivity index (χ1v) is 18.9. The Kier molecular flexibility index (Phi) is 12.1. The number of nitrogens with one attached hydrogen (secondary N) is 4. The number of anilines is 2. The van der Waals surface area contributed by atoms with Crippen LogP contribution in [0.25, 0.3) is 33.4 Å². The molecule has 1 saturated carbocycles. The van der Waals surface area contributed by atoms with Crippen LogP contribution in [-0.2, 0) is 9.53 Å². The number of hydrogen-bond acceptors (Lipinski definition) is 6. The highest BCUT2D eigenvalue weighted by molar-refractivity contribution is 6.02. The molecule has 1 aliphatic carbocycles. The summed E-state index contributed by atoms with van der Waals surface area (Å²) in [5.41, 5.74) is 7.98. The number of piperidine rings is 1. The van der Waals surface area contributed by atoms with Crippen molar-refractivity contribution in [2.45, 2.75) is 31.8 Å². The lowest BCUT2D eigenvalue weighted by Crippen LogP contribution is -2.42. The normalized spacial score (nSPS) is 14.6. The Hall–Kier alpha value is -5.77. The third kappa shape index (κ3) is 9.80. The molecule has 276 valence electrons. The lowest BCUT2D eigenvalue weighted by molar-refractivity contribution is -0.115. The predicted molar refractivity (Wildman–Crippen MR) is 215 cm³/mol. The van der Waals surface area contributed by atoms with Gasteiger partial charge in [0.05, 0.1) is 12.2 Å². The fourth-order valence-corrected chi connectivity index (χ4v) is 7.00. The standard InChI is InChI=1S/C45H47N5O4/c51-42(31-46-30-32-21-22-32)48-36-16-9-15-35(29-36)44(52)47-25-28-50-26-23-37(24-27-50)54-45(53)49-41-20-10-19-39(34-13-5-2-6-14-34)43(41)40-18-8-7-17-38(40)33-11-3-1-4-12-33/h1-20,29,32,37,46H,21-28,30-31H2,(H,47,52)(H,48,51)(H,49,53). The zero-order valence-corrected chi connectivity index (χ0v) is 30.4. The molecular formula is C45H47N5O4. The van der Waals surface area contributed by atoms with Crippen molar-refractivity contribution >= 4 is 29.3 Å². The minimum atomic E-state index is -0.475. The van der Waals surface area contributed by atoms with Gasteiger partial charge >= 0.3 is 6.09 Å². The average molecular weight is 722 g/mol. The second-order valence-electron chi connectivity index (χ2n) is 14.0. The van der Waals surface area contributed by atoms with Gasteiger partial charge < -0.3 is 25.6 Å². The van der Waals surface area contributed by atoms with E-state index in [2.05, 4.69) is 68.6 Å². The third-order valence-corrected chi connectivity index (χ3v) is 10.0. The zero-order valence-electron chi connectivity index (χ0n) is 30.4. The van der Waals surface area contributed by atoms with Gasteiger partial charge in [-0.1, -0.05) is 103 Å². The lowest BCUT2D eigenvalue weighted by atomic mass is 9.88. The van der Waals surface area contributed by atoms with Gasteiger partial charge in [0.2, 0.25) is 5.91 Å². The molecule has 9 heteroatoms. The summed E-state index contributed by atoms with van der Waals surface area (Å²) in [7, 11) is 0. The summed E-state index contributed by atoms with van der Waals surface area (Å²) in [4.78, 5) is 40.9.